The normalized spacial score (nSPS) is 12.3. The maximum Gasteiger partial charge on any atom is 0.296 e. The highest BCUT2D eigenvalue weighted by Gasteiger charge is 2.25. The van der Waals surface area contributed by atoms with Gasteiger partial charge in [0.1, 0.15) is 9.79 Å². The van der Waals surface area contributed by atoms with Crippen molar-refractivity contribution in [1.29, 1.82) is 0 Å². The Hall–Kier alpha value is -1.57. The predicted molar refractivity (Wildman–Crippen MR) is 79.3 cm³/mol. The summed E-state index contributed by atoms with van der Waals surface area (Å²) >= 11 is 11.2. The topological polar surface area (TPSA) is 173 Å². The molecule has 0 radical (unpaired) electrons. The standard InChI is InChI=1S/C9H6Cl2N4O6S2/c10-8-13-7(14-9(11)15-8)3-1-4(12)6(23(19,20)21)2-5(3)22(16,17)18/h1-2H,12H2,(H,16,17,18)(H,19,20,21). The smallest absolute Gasteiger partial charge is 0.296 e. The van der Waals surface area contributed by atoms with Crippen LogP contribution < -0.4 is 5.73 Å². The summed E-state index contributed by atoms with van der Waals surface area (Å²) in [4.78, 5) is 8.88. The van der Waals surface area contributed by atoms with Crippen LogP contribution in [0.2, 0.25) is 10.6 Å². The van der Waals surface area contributed by atoms with E-state index >= 15 is 0 Å². The van der Waals surface area contributed by atoms with E-state index in [4.69, 9.17) is 33.5 Å². The Kier molecular flexibility index (Phi) is 4.49. The second kappa shape index (κ2) is 5.81. The minimum absolute atomic E-state index is 0.376. The molecule has 23 heavy (non-hydrogen) atoms. The highest BCUT2D eigenvalue weighted by atomic mass is 35.5. The monoisotopic (exact) mass is 400 g/mol. The summed E-state index contributed by atoms with van der Waals surface area (Å²) in [6.45, 7) is 0. The van der Waals surface area contributed by atoms with Crippen LogP contribution in [-0.2, 0) is 20.2 Å². The molecule has 14 heteroatoms. The fraction of sp³-hybridized carbons (Fsp3) is 0. The number of nitrogen functional groups attached to an aromatic ring is 1. The molecule has 0 atom stereocenters. The zero-order chi connectivity index (χ0) is 17.6. The molecule has 10 nitrogen and oxygen atoms in total. The first kappa shape index (κ1) is 17.8. The Morgan fingerprint density at radius 3 is 1.78 bits per heavy atom. The molecule has 0 bridgehead atoms. The summed E-state index contributed by atoms with van der Waals surface area (Å²) in [5, 5.41) is -0.752. The first-order valence-corrected chi connectivity index (χ1v) is 8.99. The maximum absolute atomic E-state index is 11.5. The molecule has 0 saturated heterocycles. The van der Waals surface area contributed by atoms with Gasteiger partial charge in [-0.1, -0.05) is 0 Å². The Morgan fingerprint density at radius 1 is 0.870 bits per heavy atom. The number of anilines is 1. The van der Waals surface area contributed by atoms with Crippen molar-refractivity contribution in [1.82, 2.24) is 15.0 Å². The first-order chi connectivity index (χ1) is 10.4. The van der Waals surface area contributed by atoms with Crippen LogP contribution in [0.15, 0.2) is 21.9 Å². The van der Waals surface area contributed by atoms with E-state index in [1.807, 2.05) is 0 Å². The fourth-order valence-corrected chi connectivity index (χ4v) is 3.39. The number of hydrogen-bond donors (Lipinski definition) is 3. The number of rotatable bonds is 3. The molecule has 0 aliphatic heterocycles. The average molecular weight is 401 g/mol. The molecule has 0 amide bonds. The number of nitrogens with two attached hydrogens (primary N) is 1. The van der Waals surface area contributed by atoms with Crippen LogP contribution in [0.4, 0.5) is 5.69 Å². The molecule has 4 N–H and O–H groups in total. The summed E-state index contributed by atoms with van der Waals surface area (Å²) in [5.74, 6) is -0.379. The van der Waals surface area contributed by atoms with Gasteiger partial charge in [0, 0.05) is 5.56 Å². The van der Waals surface area contributed by atoms with Crippen molar-refractivity contribution in [2.75, 3.05) is 5.73 Å². The summed E-state index contributed by atoms with van der Waals surface area (Å²) in [6.07, 6.45) is 0. The second-order valence-corrected chi connectivity index (χ2v) is 7.49. The van der Waals surface area contributed by atoms with Crippen LogP contribution >= 0.6 is 23.2 Å². The summed E-state index contributed by atoms with van der Waals surface area (Å²) < 4.78 is 63.7. The number of aromatic nitrogens is 3. The number of nitrogens with zero attached hydrogens (tertiary/aromatic N) is 3. The van der Waals surface area contributed by atoms with Crippen molar-refractivity contribution >= 4 is 49.1 Å². The Bertz CT molecular complexity index is 989. The minimum Gasteiger partial charge on any atom is -0.398 e. The molecule has 0 fully saturated rings. The lowest BCUT2D eigenvalue weighted by molar-refractivity contribution is 0.481. The van der Waals surface area contributed by atoms with Crippen LogP contribution in [-0.4, -0.2) is 40.9 Å². The second-order valence-electron chi connectivity index (χ2n) is 4.03. The van der Waals surface area contributed by atoms with Crippen LogP contribution in [0.5, 0.6) is 0 Å². The van der Waals surface area contributed by atoms with E-state index in [0.29, 0.717) is 6.07 Å². The summed E-state index contributed by atoms with van der Waals surface area (Å²) in [5.41, 5.74) is 4.58. The third-order valence-electron chi connectivity index (χ3n) is 2.49. The summed E-state index contributed by atoms with van der Waals surface area (Å²) in [7, 11) is -9.76. The van der Waals surface area contributed by atoms with Gasteiger partial charge < -0.3 is 5.73 Å². The quantitative estimate of drug-likeness (QED) is 0.496. The lowest BCUT2D eigenvalue weighted by Gasteiger charge is -2.10. The zero-order valence-electron chi connectivity index (χ0n) is 10.7. The van der Waals surface area contributed by atoms with Gasteiger partial charge in [-0.25, -0.2) is 0 Å². The van der Waals surface area contributed by atoms with E-state index < -0.39 is 35.7 Å². The van der Waals surface area contributed by atoms with Crippen LogP contribution in [0, 0.1) is 0 Å². The van der Waals surface area contributed by atoms with Crippen molar-refractivity contribution < 1.29 is 25.9 Å². The molecule has 124 valence electrons. The highest BCUT2D eigenvalue weighted by Crippen LogP contribution is 2.32. The lowest BCUT2D eigenvalue weighted by atomic mass is 10.2. The van der Waals surface area contributed by atoms with E-state index in [0.717, 1.165) is 6.07 Å². The van der Waals surface area contributed by atoms with Gasteiger partial charge in [-0.05, 0) is 35.3 Å². The van der Waals surface area contributed by atoms with Gasteiger partial charge in [-0.15, -0.1) is 0 Å². The van der Waals surface area contributed by atoms with E-state index in [2.05, 4.69) is 15.0 Å². The van der Waals surface area contributed by atoms with Gasteiger partial charge in [0.25, 0.3) is 20.2 Å². The van der Waals surface area contributed by atoms with E-state index in [9.17, 15) is 21.4 Å². The van der Waals surface area contributed by atoms with Gasteiger partial charge in [-0.2, -0.15) is 31.8 Å². The fourth-order valence-electron chi connectivity index (χ4n) is 1.64. The van der Waals surface area contributed by atoms with Crippen molar-refractivity contribution in [2.24, 2.45) is 0 Å². The molecule has 1 aromatic heterocycles. The molecule has 1 aromatic carbocycles. The zero-order valence-corrected chi connectivity index (χ0v) is 13.8. The predicted octanol–water partition coefficient (Wildman–Crippen LogP) is 0.921. The molecular weight excluding hydrogens is 395 g/mol. The van der Waals surface area contributed by atoms with Gasteiger partial charge in [-0.3, -0.25) is 9.11 Å². The molecule has 0 saturated carbocycles. The van der Waals surface area contributed by atoms with Gasteiger partial charge in [0.2, 0.25) is 10.6 Å². The largest absolute Gasteiger partial charge is 0.398 e. The lowest BCUT2D eigenvalue weighted by Crippen LogP contribution is -2.09. The molecule has 0 aliphatic rings. The molecule has 0 unspecified atom stereocenters. The maximum atomic E-state index is 11.5. The van der Waals surface area contributed by atoms with Crippen molar-refractivity contribution in [2.45, 2.75) is 9.79 Å². The molecule has 0 aliphatic carbocycles. The minimum atomic E-state index is -4.92. The van der Waals surface area contributed by atoms with Crippen molar-refractivity contribution in [3.8, 4) is 11.4 Å². The molecule has 2 aromatic rings. The van der Waals surface area contributed by atoms with E-state index in [1.165, 1.54) is 0 Å². The van der Waals surface area contributed by atoms with Gasteiger partial charge in [0.15, 0.2) is 5.82 Å². The number of hydrogen-bond acceptors (Lipinski definition) is 8. The Labute approximate surface area is 139 Å². The third-order valence-corrected chi connectivity index (χ3v) is 4.63. The molecular formula is C9H6Cl2N4O6S2. The van der Waals surface area contributed by atoms with Crippen molar-refractivity contribution in [3.05, 3.63) is 22.7 Å². The SMILES string of the molecule is Nc1cc(-c2nc(Cl)nc(Cl)n2)c(S(=O)(=O)O)cc1S(=O)(=O)O. The van der Waals surface area contributed by atoms with E-state index in [-0.39, 0.29) is 22.0 Å². The number of benzene rings is 1. The highest BCUT2D eigenvalue weighted by molar-refractivity contribution is 7.86. The van der Waals surface area contributed by atoms with Gasteiger partial charge in [0.05, 0.1) is 5.69 Å². The van der Waals surface area contributed by atoms with Crippen molar-refractivity contribution in [3.63, 3.8) is 0 Å². The van der Waals surface area contributed by atoms with Gasteiger partial charge >= 0.3 is 0 Å². The van der Waals surface area contributed by atoms with E-state index in [1.54, 1.807) is 0 Å². The third kappa shape index (κ3) is 3.85. The van der Waals surface area contributed by atoms with Crippen LogP contribution in [0.1, 0.15) is 0 Å². The summed E-state index contributed by atoms with van der Waals surface area (Å²) in [6, 6.07) is 1.29. The Balaban J connectivity index is 2.91. The van der Waals surface area contributed by atoms with Crippen LogP contribution in [0.25, 0.3) is 11.4 Å². The van der Waals surface area contributed by atoms with Crippen LogP contribution in [0.3, 0.4) is 0 Å². The average Bonchev–Trinajstić information content (AvgIpc) is 2.34. The molecule has 1 heterocycles. The Morgan fingerprint density at radius 2 is 1.35 bits per heavy atom. The number of halogens is 2. The molecule has 0 spiro atoms. The first-order valence-electron chi connectivity index (χ1n) is 5.35. The molecule has 2 rings (SSSR count).